The van der Waals surface area contributed by atoms with Crippen LogP contribution in [0.3, 0.4) is 0 Å². The molecule has 1 heterocycles. The fourth-order valence-electron chi connectivity index (χ4n) is 4.06. The average Bonchev–Trinajstić information content (AvgIpc) is 2.76. The third kappa shape index (κ3) is 7.65. The number of hydrogen-bond acceptors (Lipinski definition) is 6. The molecule has 184 valence electrons. The number of carboxylic acid groups (broad SMARTS) is 1. The number of aliphatic imine (C=N–C) groups is 1. The maximum Gasteiger partial charge on any atom is 0.326 e. The van der Waals surface area contributed by atoms with Crippen LogP contribution >= 0.6 is 0 Å². The first-order chi connectivity index (χ1) is 15.8. The van der Waals surface area contributed by atoms with E-state index in [-0.39, 0.29) is 17.8 Å². The fourth-order valence-corrected chi connectivity index (χ4v) is 4.06. The number of nitrogens with two attached hydrogens (primary N) is 1. The smallest absolute Gasteiger partial charge is 0.326 e. The fraction of sp³-hybridized carbons (Fsp3) is 0.640. The van der Waals surface area contributed by atoms with Crippen molar-refractivity contribution in [2.24, 2.45) is 16.6 Å². The summed E-state index contributed by atoms with van der Waals surface area (Å²) in [5.41, 5.74) is 7.63. The van der Waals surface area contributed by atoms with Crippen molar-refractivity contribution in [2.75, 3.05) is 20.2 Å². The number of nitrogens with zero attached hydrogens (tertiary/aromatic N) is 3. The number of ether oxygens (including phenoxy) is 1. The molecule has 0 aromatic heterocycles. The van der Waals surface area contributed by atoms with Crippen LogP contribution in [0.25, 0.3) is 0 Å². The maximum absolute atomic E-state index is 12.3. The zero-order valence-corrected chi connectivity index (χ0v) is 20.5. The lowest BCUT2D eigenvalue weighted by Gasteiger charge is -2.35. The first-order valence-electron chi connectivity index (χ1n) is 12.1. The second-order valence-electron chi connectivity index (χ2n) is 9.06. The van der Waals surface area contributed by atoms with Gasteiger partial charge in [0.15, 0.2) is 5.96 Å². The molecule has 8 nitrogen and oxygen atoms in total. The minimum Gasteiger partial charge on any atom is -0.493 e. The number of amides is 1. The zero-order chi connectivity index (χ0) is 24.4. The van der Waals surface area contributed by atoms with Gasteiger partial charge in [0.05, 0.1) is 18.8 Å². The van der Waals surface area contributed by atoms with E-state index in [0.29, 0.717) is 31.0 Å². The van der Waals surface area contributed by atoms with E-state index >= 15 is 0 Å². The summed E-state index contributed by atoms with van der Waals surface area (Å²) >= 11 is 0. The molecule has 0 radical (unpaired) electrons. The third-order valence-corrected chi connectivity index (χ3v) is 6.00. The topological polar surface area (TPSA) is 108 Å². The molecule has 0 bridgehead atoms. The Balaban J connectivity index is 1.88. The Kier molecular flexibility index (Phi) is 10.5. The molecule has 1 aromatic carbocycles. The van der Waals surface area contributed by atoms with Crippen molar-refractivity contribution in [1.82, 2.24) is 9.80 Å². The van der Waals surface area contributed by atoms with Gasteiger partial charge >= 0.3 is 5.97 Å². The number of unbranched alkanes of at least 4 members (excludes halogenated alkanes) is 4. The Morgan fingerprint density at radius 1 is 1.21 bits per heavy atom. The molecule has 0 aliphatic carbocycles. The number of guanidine groups is 1. The molecule has 33 heavy (non-hydrogen) atoms. The minimum absolute atomic E-state index is 0.131. The van der Waals surface area contributed by atoms with Crippen molar-refractivity contribution in [3.05, 3.63) is 23.8 Å². The lowest BCUT2D eigenvalue weighted by atomic mass is 10.0. The number of hydrogen-bond donors (Lipinski definition) is 2. The summed E-state index contributed by atoms with van der Waals surface area (Å²) in [6.45, 7) is 7.52. The van der Waals surface area contributed by atoms with Gasteiger partial charge in [-0.2, -0.15) is 0 Å². The van der Waals surface area contributed by atoms with Crippen LogP contribution in [0.5, 0.6) is 5.75 Å². The molecule has 0 saturated carbocycles. The number of carbonyl (C=O) groups is 2. The third-order valence-electron chi connectivity index (χ3n) is 6.00. The maximum atomic E-state index is 12.3. The van der Waals surface area contributed by atoms with E-state index in [0.717, 1.165) is 31.4 Å². The average molecular weight is 461 g/mol. The summed E-state index contributed by atoms with van der Waals surface area (Å²) in [7, 11) is 1.88. The van der Waals surface area contributed by atoms with Crippen LogP contribution in [0, 0.1) is 5.92 Å². The Morgan fingerprint density at radius 2 is 1.97 bits per heavy atom. The standard InChI is InChI=1S/C25H40N4O4/c1-5-6-7-9-15-28(4)22(30)14-8-10-16-33-21-13-11-12-20-19(21)17-29(25(26)27-20)23(18(2)3)24(31)32/h11-13,18,23H,5-10,14-17H2,1-4H3,(H2,26,27)(H,31,32). The van der Waals surface area contributed by atoms with E-state index in [9.17, 15) is 14.7 Å². The molecular formula is C25H40N4O4. The highest BCUT2D eigenvalue weighted by Crippen LogP contribution is 2.34. The van der Waals surface area contributed by atoms with Crippen LogP contribution in [0.15, 0.2) is 23.2 Å². The highest BCUT2D eigenvalue weighted by atomic mass is 16.5. The molecule has 2 rings (SSSR count). The number of aliphatic carboxylic acids is 1. The summed E-state index contributed by atoms with van der Waals surface area (Å²) in [5, 5.41) is 9.67. The molecule has 0 fully saturated rings. The van der Waals surface area contributed by atoms with Crippen molar-refractivity contribution < 1.29 is 19.4 Å². The van der Waals surface area contributed by atoms with E-state index in [2.05, 4.69) is 11.9 Å². The Hall–Kier alpha value is -2.77. The van der Waals surface area contributed by atoms with Crippen LogP contribution in [0.1, 0.15) is 71.3 Å². The van der Waals surface area contributed by atoms with Gasteiger partial charge in [-0.15, -0.1) is 0 Å². The Labute approximate surface area is 197 Å². The predicted octanol–water partition coefficient (Wildman–Crippen LogP) is 4.15. The van der Waals surface area contributed by atoms with Crippen LogP contribution in [-0.2, 0) is 16.1 Å². The van der Waals surface area contributed by atoms with Gasteiger partial charge in [0.2, 0.25) is 5.91 Å². The van der Waals surface area contributed by atoms with Gasteiger partial charge in [0, 0.05) is 25.6 Å². The van der Waals surface area contributed by atoms with Gasteiger partial charge in [-0.3, -0.25) is 4.79 Å². The number of fused-ring (bicyclic) bond motifs is 1. The molecular weight excluding hydrogens is 420 g/mol. The van der Waals surface area contributed by atoms with Gasteiger partial charge in [-0.25, -0.2) is 9.79 Å². The van der Waals surface area contributed by atoms with Crippen molar-refractivity contribution in [2.45, 2.75) is 78.3 Å². The van der Waals surface area contributed by atoms with E-state index < -0.39 is 12.0 Å². The highest BCUT2D eigenvalue weighted by Gasteiger charge is 2.33. The number of carboxylic acids is 1. The SMILES string of the molecule is CCCCCCN(C)C(=O)CCCCOc1cccc2c1CN(C(C(=O)O)C(C)C)C(N)=N2. The highest BCUT2D eigenvalue weighted by molar-refractivity contribution is 5.88. The minimum atomic E-state index is -0.926. The van der Waals surface area contributed by atoms with Crippen molar-refractivity contribution in [3.63, 3.8) is 0 Å². The quantitative estimate of drug-likeness (QED) is 0.404. The van der Waals surface area contributed by atoms with Crippen LogP contribution in [0.4, 0.5) is 5.69 Å². The van der Waals surface area contributed by atoms with Crippen molar-refractivity contribution >= 4 is 23.5 Å². The van der Waals surface area contributed by atoms with E-state index in [1.54, 1.807) is 4.90 Å². The number of carbonyl (C=O) groups excluding carboxylic acids is 1. The molecule has 1 aromatic rings. The monoisotopic (exact) mass is 460 g/mol. The predicted molar refractivity (Wildman–Crippen MR) is 131 cm³/mol. The van der Waals surface area contributed by atoms with Gasteiger partial charge in [0.1, 0.15) is 11.8 Å². The normalized spacial score (nSPS) is 14.0. The van der Waals surface area contributed by atoms with E-state index in [1.165, 1.54) is 19.3 Å². The van der Waals surface area contributed by atoms with Crippen LogP contribution in [0.2, 0.25) is 0 Å². The summed E-state index contributed by atoms with van der Waals surface area (Å²) in [4.78, 5) is 32.0. The molecule has 1 unspecified atom stereocenters. The van der Waals surface area contributed by atoms with Crippen molar-refractivity contribution in [3.8, 4) is 5.75 Å². The number of rotatable bonds is 14. The molecule has 0 saturated heterocycles. The molecule has 1 atom stereocenters. The second kappa shape index (κ2) is 13.1. The summed E-state index contributed by atoms with van der Waals surface area (Å²) in [6, 6.07) is 4.82. The summed E-state index contributed by atoms with van der Waals surface area (Å²) in [6.07, 6.45) is 6.67. The second-order valence-corrected chi connectivity index (χ2v) is 9.06. The van der Waals surface area contributed by atoms with Gasteiger partial charge in [-0.1, -0.05) is 46.1 Å². The molecule has 1 amide bonds. The van der Waals surface area contributed by atoms with Gasteiger partial charge < -0.3 is 25.4 Å². The van der Waals surface area contributed by atoms with E-state index in [4.69, 9.17) is 10.5 Å². The molecule has 1 aliphatic heterocycles. The molecule has 3 N–H and O–H groups in total. The van der Waals surface area contributed by atoms with Crippen LogP contribution < -0.4 is 10.5 Å². The Morgan fingerprint density at radius 3 is 2.64 bits per heavy atom. The summed E-state index contributed by atoms with van der Waals surface area (Å²) < 4.78 is 6.01. The molecule has 1 aliphatic rings. The summed E-state index contributed by atoms with van der Waals surface area (Å²) in [5.74, 6) is 0.00900. The lowest BCUT2D eigenvalue weighted by molar-refractivity contribution is -0.143. The number of benzene rings is 1. The van der Waals surface area contributed by atoms with Crippen LogP contribution in [-0.4, -0.2) is 59.0 Å². The lowest BCUT2D eigenvalue weighted by Crippen LogP contribution is -2.51. The van der Waals surface area contributed by atoms with Gasteiger partial charge in [0.25, 0.3) is 0 Å². The van der Waals surface area contributed by atoms with Crippen molar-refractivity contribution in [1.29, 1.82) is 0 Å². The van der Waals surface area contributed by atoms with E-state index in [1.807, 2.05) is 44.0 Å². The molecule has 0 spiro atoms. The largest absolute Gasteiger partial charge is 0.493 e. The zero-order valence-electron chi connectivity index (χ0n) is 20.5. The molecule has 8 heteroatoms. The Bertz CT molecular complexity index is 825. The first-order valence-corrected chi connectivity index (χ1v) is 12.1. The first kappa shape index (κ1) is 26.5. The van der Waals surface area contributed by atoms with Gasteiger partial charge in [-0.05, 0) is 37.3 Å².